The summed E-state index contributed by atoms with van der Waals surface area (Å²) in [6, 6.07) is 8.96. The summed E-state index contributed by atoms with van der Waals surface area (Å²) in [6.45, 7) is 2.01. The van der Waals surface area contributed by atoms with Crippen molar-refractivity contribution in [2.45, 2.75) is 37.4 Å². The molecule has 5 rings (SSSR count). The predicted octanol–water partition coefficient (Wildman–Crippen LogP) is 4.10. The molecule has 2 aromatic carbocycles. The van der Waals surface area contributed by atoms with E-state index in [0.717, 1.165) is 29.4 Å². The number of fused-ring (bicyclic) bond motifs is 1. The molecule has 0 radical (unpaired) electrons. The van der Waals surface area contributed by atoms with Gasteiger partial charge in [0.2, 0.25) is 5.03 Å². The van der Waals surface area contributed by atoms with Gasteiger partial charge in [0.05, 0.1) is 17.4 Å². The zero-order valence-electron chi connectivity index (χ0n) is 18.1. The number of carbonyl (C=O) groups is 1. The van der Waals surface area contributed by atoms with E-state index >= 15 is 0 Å². The Balaban J connectivity index is 1.37. The molecular weight excluding hydrogens is 486 g/mol. The highest BCUT2D eigenvalue weighted by Crippen LogP contribution is 2.35. The van der Waals surface area contributed by atoms with Crippen LogP contribution in [0.1, 0.15) is 24.0 Å². The number of halogens is 2. The van der Waals surface area contributed by atoms with Crippen molar-refractivity contribution in [2.75, 3.05) is 18.0 Å². The largest absolute Gasteiger partial charge is 0.444 e. The quantitative estimate of drug-likeness (QED) is 0.529. The maximum atomic E-state index is 13.9. The number of aromatic nitrogens is 2. The first-order valence-corrected chi connectivity index (χ1v) is 12.8. The monoisotopic (exact) mass is 506 g/mol. The normalized spacial score (nSPS) is 17.5. The van der Waals surface area contributed by atoms with Gasteiger partial charge in [0.15, 0.2) is 11.6 Å². The highest BCUT2D eigenvalue weighted by molar-refractivity contribution is 7.89. The van der Waals surface area contributed by atoms with Crippen molar-refractivity contribution in [1.29, 1.82) is 0 Å². The highest BCUT2D eigenvalue weighted by atomic mass is 32.2. The van der Waals surface area contributed by atoms with E-state index in [2.05, 4.69) is 8.75 Å². The van der Waals surface area contributed by atoms with Gasteiger partial charge in [-0.3, -0.25) is 4.90 Å². The minimum Gasteiger partial charge on any atom is -0.444 e. The van der Waals surface area contributed by atoms with Crippen LogP contribution in [0.5, 0.6) is 0 Å². The first kappa shape index (κ1) is 22.8. The Hall–Kier alpha value is -2.96. The Morgan fingerprint density at radius 2 is 1.82 bits per heavy atom. The number of cyclic esters (lactones) is 1. The number of anilines is 1. The molecule has 0 unspecified atom stereocenters. The minimum absolute atomic E-state index is 0.0955. The zero-order chi connectivity index (χ0) is 24.0. The lowest BCUT2D eigenvalue weighted by atomic mass is 10.0. The first-order chi connectivity index (χ1) is 16.3. The fraction of sp³-hybridized carbons (Fsp3) is 0.318. The third-order valence-corrected chi connectivity index (χ3v) is 8.51. The van der Waals surface area contributed by atoms with Crippen LogP contribution >= 0.6 is 11.7 Å². The second-order valence-electron chi connectivity index (χ2n) is 8.24. The number of ether oxygens (including phenoxy) is 1. The van der Waals surface area contributed by atoms with E-state index in [1.54, 1.807) is 6.07 Å². The van der Waals surface area contributed by atoms with Gasteiger partial charge < -0.3 is 4.74 Å². The molecule has 178 valence electrons. The molecule has 3 heterocycles. The molecule has 8 nitrogen and oxygen atoms in total. The molecule has 0 aliphatic carbocycles. The molecule has 0 atom stereocenters. The van der Waals surface area contributed by atoms with Crippen LogP contribution in [-0.4, -0.2) is 46.7 Å². The van der Waals surface area contributed by atoms with E-state index < -0.39 is 33.8 Å². The minimum atomic E-state index is -3.93. The Morgan fingerprint density at radius 3 is 2.56 bits per heavy atom. The Kier molecular flexibility index (Phi) is 5.82. The fourth-order valence-electron chi connectivity index (χ4n) is 4.35. The van der Waals surface area contributed by atoms with Gasteiger partial charge in [-0.05, 0) is 31.9 Å². The lowest BCUT2D eigenvalue weighted by molar-refractivity contribution is 0.135. The van der Waals surface area contributed by atoms with Crippen LogP contribution in [0.25, 0.3) is 11.3 Å². The number of hydrogen-bond acceptors (Lipinski definition) is 7. The second kappa shape index (κ2) is 8.67. The van der Waals surface area contributed by atoms with Gasteiger partial charge in [-0.2, -0.15) is 13.1 Å². The van der Waals surface area contributed by atoms with Crippen molar-refractivity contribution >= 4 is 33.5 Å². The van der Waals surface area contributed by atoms with E-state index in [0.29, 0.717) is 29.7 Å². The Morgan fingerprint density at radius 1 is 1.09 bits per heavy atom. The number of amides is 1. The van der Waals surface area contributed by atoms with Crippen LogP contribution in [0.3, 0.4) is 0 Å². The maximum absolute atomic E-state index is 13.9. The van der Waals surface area contributed by atoms with Crippen molar-refractivity contribution in [2.24, 2.45) is 0 Å². The molecule has 0 spiro atoms. The van der Waals surface area contributed by atoms with Crippen LogP contribution in [0.4, 0.5) is 19.3 Å². The summed E-state index contributed by atoms with van der Waals surface area (Å²) in [7, 11) is -3.93. The standard InChI is InChI=1S/C22H20F2N4O4S2/c1-13-3-2-4-14(9-13)20-21(26-33-25-20)34(30,31)27-7-5-16(6-8-27)28-19-11-18(24)17(23)10-15(19)12-32-22(28)29/h2-4,9-11,16H,5-8,12H2,1H3. The molecule has 2 aliphatic heterocycles. The van der Waals surface area contributed by atoms with Crippen molar-refractivity contribution in [1.82, 2.24) is 13.1 Å². The first-order valence-electron chi connectivity index (χ1n) is 10.6. The SMILES string of the molecule is Cc1cccc(-c2nsnc2S(=O)(=O)N2CCC(N3C(=O)OCc4cc(F)c(F)cc43)CC2)c1. The lowest BCUT2D eigenvalue weighted by Crippen LogP contribution is -2.50. The van der Waals surface area contributed by atoms with Gasteiger partial charge in [-0.15, -0.1) is 0 Å². The molecule has 1 aromatic heterocycles. The summed E-state index contributed by atoms with van der Waals surface area (Å²) in [4.78, 5) is 13.8. The van der Waals surface area contributed by atoms with Gasteiger partial charge in [-0.25, -0.2) is 22.0 Å². The number of hydrogen-bond donors (Lipinski definition) is 0. The molecule has 1 amide bonds. The molecular formula is C22H20F2N4O4S2. The van der Waals surface area contributed by atoms with Crippen molar-refractivity contribution in [3.63, 3.8) is 0 Å². The number of sulfonamides is 1. The third-order valence-electron chi connectivity index (χ3n) is 6.05. The number of carbonyl (C=O) groups excluding carboxylic acids is 1. The number of rotatable bonds is 4. The summed E-state index contributed by atoms with van der Waals surface area (Å²) < 4.78 is 69.1. The maximum Gasteiger partial charge on any atom is 0.414 e. The molecule has 2 aliphatic rings. The third kappa shape index (κ3) is 3.95. The van der Waals surface area contributed by atoms with E-state index in [9.17, 15) is 22.0 Å². The Labute approximate surface area is 199 Å². The topological polar surface area (TPSA) is 92.7 Å². The number of benzene rings is 2. The van der Waals surface area contributed by atoms with Gasteiger partial charge >= 0.3 is 6.09 Å². The summed E-state index contributed by atoms with van der Waals surface area (Å²) in [6.07, 6.45) is -0.0703. The van der Waals surface area contributed by atoms with E-state index in [4.69, 9.17) is 4.74 Å². The molecule has 34 heavy (non-hydrogen) atoms. The van der Waals surface area contributed by atoms with Gasteiger partial charge in [0.25, 0.3) is 10.0 Å². The average Bonchev–Trinajstić information content (AvgIpc) is 3.31. The molecule has 1 saturated heterocycles. The van der Waals surface area contributed by atoms with Crippen LogP contribution in [0, 0.1) is 18.6 Å². The predicted molar refractivity (Wildman–Crippen MR) is 121 cm³/mol. The lowest BCUT2D eigenvalue weighted by Gasteiger charge is -2.39. The van der Waals surface area contributed by atoms with E-state index in [1.807, 2.05) is 25.1 Å². The molecule has 12 heteroatoms. The molecule has 3 aromatic rings. The highest BCUT2D eigenvalue weighted by Gasteiger charge is 2.39. The number of aryl methyl sites for hydroxylation is 1. The van der Waals surface area contributed by atoms with Crippen LogP contribution in [-0.2, 0) is 21.4 Å². The van der Waals surface area contributed by atoms with Crippen molar-refractivity contribution in [3.8, 4) is 11.3 Å². The van der Waals surface area contributed by atoms with Crippen LogP contribution in [0.15, 0.2) is 41.4 Å². The number of nitrogens with zero attached hydrogens (tertiary/aromatic N) is 4. The molecule has 0 N–H and O–H groups in total. The van der Waals surface area contributed by atoms with Gasteiger partial charge in [0.1, 0.15) is 12.3 Å². The summed E-state index contributed by atoms with van der Waals surface area (Å²) in [5.41, 5.74) is 2.57. The summed E-state index contributed by atoms with van der Waals surface area (Å²) in [5, 5.41) is -0.0955. The fourth-order valence-corrected chi connectivity index (χ4v) is 6.71. The zero-order valence-corrected chi connectivity index (χ0v) is 19.7. The van der Waals surface area contributed by atoms with Crippen molar-refractivity contribution in [3.05, 3.63) is 59.2 Å². The van der Waals surface area contributed by atoms with E-state index in [-0.39, 0.29) is 30.4 Å². The summed E-state index contributed by atoms with van der Waals surface area (Å²) >= 11 is 0.835. The van der Waals surface area contributed by atoms with Crippen LogP contribution in [0.2, 0.25) is 0 Å². The number of piperidine rings is 1. The van der Waals surface area contributed by atoms with E-state index in [1.165, 1.54) is 9.21 Å². The smallest absolute Gasteiger partial charge is 0.414 e. The molecule has 0 bridgehead atoms. The molecule has 0 saturated carbocycles. The van der Waals surface area contributed by atoms with Gasteiger partial charge in [-0.1, -0.05) is 23.8 Å². The van der Waals surface area contributed by atoms with Crippen LogP contribution < -0.4 is 4.90 Å². The van der Waals surface area contributed by atoms with Gasteiger partial charge in [0, 0.05) is 36.3 Å². The molecule has 1 fully saturated rings. The Bertz CT molecular complexity index is 1370. The summed E-state index contributed by atoms with van der Waals surface area (Å²) in [5.74, 6) is -2.07. The average molecular weight is 507 g/mol. The van der Waals surface area contributed by atoms with Crippen molar-refractivity contribution < 1.29 is 26.7 Å². The second-order valence-corrected chi connectivity index (χ2v) is 10.6.